The minimum absolute atomic E-state index is 0. The van der Waals surface area contributed by atoms with Crippen molar-refractivity contribution in [2.45, 2.75) is 39.7 Å². The van der Waals surface area contributed by atoms with Crippen LogP contribution in [0.2, 0.25) is 0 Å². The second-order valence-electron chi connectivity index (χ2n) is 4.44. The van der Waals surface area contributed by atoms with Gasteiger partial charge in [0.2, 0.25) is 0 Å². The van der Waals surface area contributed by atoms with Gasteiger partial charge < -0.3 is 15.4 Å². The Hall–Kier alpha value is -0.530. The lowest BCUT2D eigenvalue weighted by atomic mass is 10.2. The van der Waals surface area contributed by atoms with E-state index < -0.39 is 5.60 Å². The van der Waals surface area contributed by atoms with E-state index in [0.717, 1.165) is 13.0 Å². The van der Waals surface area contributed by atoms with Crippen molar-refractivity contribution in [3.63, 3.8) is 0 Å². The number of nitrogens with one attached hydrogen (secondary N) is 2. The van der Waals surface area contributed by atoms with Gasteiger partial charge in [0, 0.05) is 13.6 Å². The van der Waals surface area contributed by atoms with E-state index in [-0.39, 0.29) is 36.5 Å². The first-order valence-corrected chi connectivity index (χ1v) is 5.55. The first-order valence-electron chi connectivity index (χ1n) is 5.55. The lowest BCUT2D eigenvalue weighted by molar-refractivity contribution is -0.153. The SMILES string of the molecule is CCCNC(=NC)NCC(=O)OC(C)(C)C.I. The number of halogens is 1. The number of hydrogen-bond donors (Lipinski definition) is 2. The van der Waals surface area contributed by atoms with Crippen LogP contribution in [-0.4, -0.2) is 37.7 Å². The Morgan fingerprint density at radius 2 is 1.88 bits per heavy atom. The molecule has 0 aromatic carbocycles. The van der Waals surface area contributed by atoms with E-state index >= 15 is 0 Å². The average Bonchev–Trinajstić information content (AvgIpc) is 2.15. The van der Waals surface area contributed by atoms with Gasteiger partial charge in [-0.15, -0.1) is 24.0 Å². The summed E-state index contributed by atoms with van der Waals surface area (Å²) in [6.07, 6.45) is 1.01. The van der Waals surface area contributed by atoms with Gasteiger partial charge >= 0.3 is 5.97 Å². The molecule has 0 aliphatic rings. The highest BCUT2D eigenvalue weighted by Gasteiger charge is 2.15. The standard InChI is InChI=1S/C11H23N3O2.HI/c1-6-7-13-10(12-5)14-8-9(15)16-11(2,3)4;/h6-8H2,1-5H3,(H2,12,13,14);1H. The van der Waals surface area contributed by atoms with Crippen LogP contribution in [0.1, 0.15) is 34.1 Å². The third-order valence-electron chi connectivity index (χ3n) is 1.59. The number of guanidine groups is 1. The number of nitrogens with zero attached hydrogens (tertiary/aromatic N) is 1. The van der Waals surface area contributed by atoms with E-state index in [4.69, 9.17) is 4.74 Å². The van der Waals surface area contributed by atoms with E-state index in [9.17, 15) is 4.79 Å². The summed E-state index contributed by atoms with van der Waals surface area (Å²) in [4.78, 5) is 15.4. The van der Waals surface area contributed by atoms with Crippen LogP contribution in [0.3, 0.4) is 0 Å². The Kier molecular flexibility index (Phi) is 10.5. The Morgan fingerprint density at radius 3 is 2.29 bits per heavy atom. The molecule has 5 nitrogen and oxygen atoms in total. The Bertz CT molecular complexity index is 250. The molecule has 0 spiro atoms. The molecule has 0 aliphatic heterocycles. The molecule has 0 bridgehead atoms. The van der Waals surface area contributed by atoms with Gasteiger partial charge in [-0.25, -0.2) is 0 Å². The highest BCUT2D eigenvalue weighted by Crippen LogP contribution is 2.05. The first kappa shape index (κ1) is 18.8. The summed E-state index contributed by atoms with van der Waals surface area (Å²) >= 11 is 0. The molecule has 0 aromatic heterocycles. The van der Waals surface area contributed by atoms with Gasteiger partial charge in [-0.3, -0.25) is 9.79 Å². The molecule has 0 atom stereocenters. The van der Waals surface area contributed by atoms with Crippen molar-refractivity contribution in [3.05, 3.63) is 0 Å². The van der Waals surface area contributed by atoms with Crippen LogP contribution in [0, 0.1) is 0 Å². The fourth-order valence-corrected chi connectivity index (χ4v) is 0.997. The molecule has 0 amide bonds. The van der Waals surface area contributed by atoms with E-state index in [1.165, 1.54) is 0 Å². The van der Waals surface area contributed by atoms with Crippen LogP contribution < -0.4 is 10.6 Å². The molecule has 2 N–H and O–H groups in total. The zero-order valence-electron chi connectivity index (χ0n) is 11.3. The molecule has 0 aliphatic carbocycles. The fourth-order valence-electron chi connectivity index (χ4n) is 0.997. The van der Waals surface area contributed by atoms with Crippen LogP contribution in [-0.2, 0) is 9.53 Å². The molecule has 0 rings (SSSR count). The lowest BCUT2D eigenvalue weighted by Crippen LogP contribution is -2.41. The minimum Gasteiger partial charge on any atom is -0.459 e. The van der Waals surface area contributed by atoms with E-state index in [2.05, 4.69) is 22.5 Å². The minimum atomic E-state index is -0.445. The third-order valence-corrected chi connectivity index (χ3v) is 1.59. The number of carbonyl (C=O) groups excluding carboxylic acids is 1. The van der Waals surface area contributed by atoms with Crippen LogP contribution in [0.4, 0.5) is 0 Å². The number of aliphatic imine (C=N–C) groups is 1. The summed E-state index contributed by atoms with van der Waals surface area (Å²) < 4.78 is 5.15. The summed E-state index contributed by atoms with van der Waals surface area (Å²) in [5, 5.41) is 5.96. The van der Waals surface area contributed by atoms with E-state index in [1.54, 1.807) is 7.05 Å². The van der Waals surface area contributed by atoms with Crippen molar-refractivity contribution in [2.75, 3.05) is 20.1 Å². The summed E-state index contributed by atoms with van der Waals surface area (Å²) in [6.45, 7) is 8.54. The quantitative estimate of drug-likeness (QED) is 0.347. The summed E-state index contributed by atoms with van der Waals surface area (Å²) in [6, 6.07) is 0. The molecular weight excluding hydrogens is 333 g/mol. The molecule has 0 saturated carbocycles. The molecule has 102 valence electrons. The molecule has 0 unspecified atom stereocenters. The maximum atomic E-state index is 11.4. The molecule has 17 heavy (non-hydrogen) atoms. The highest BCUT2D eigenvalue weighted by atomic mass is 127. The zero-order chi connectivity index (χ0) is 12.6. The van der Waals surface area contributed by atoms with Crippen molar-refractivity contribution in [1.29, 1.82) is 0 Å². The number of hydrogen-bond acceptors (Lipinski definition) is 3. The normalized spacial score (nSPS) is 11.5. The average molecular weight is 357 g/mol. The number of rotatable bonds is 4. The fraction of sp³-hybridized carbons (Fsp3) is 0.818. The van der Waals surface area contributed by atoms with Gasteiger partial charge in [0.25, 0.3) is 0 Å². The number of carbonyl (C=O) groups is 1. The number of ether oxygens (including phenoxy) is 1. The second-order valence-corrected chi connectivity index (χ2v) is 4.44. The summed E-state index contributed by atoms with van der Waals surface area (Å²) in [5.41, 5.74) is -0.445. The van der Waals surface area contributed by atoms with Crippen molar-refractivity contribution < 1.29 is 9.53 Å². The predicted octanol–water partition coefficient (Wildman–Crippen LogP) is 1.52. The smallest absolute Gasteiger partial charge is 0.325 e. The predicted molar refractivity (Wildman–Crippen MR) is 80.9 cm³/mol. The molecule has 0 aromatic rings. The van der Waals surface area contributed by atoms with Crippen LogP contribution >= 0.6 is 24.0 Å². The van der Waals surface area contributed by atoms with E-state index in [1.807, 2.05) is 20.8 Å². The lowest BCUT2D eigenvalue weighted by Gasteiger charge is -2.20. The van der Waals surface area contributed by atoms with Crippen molar-refractivity contribution in [3.8, 4) is 0 Å². The highest BCUT2D eigenvalue weighted by molar-refractivity contribution is 14.0. The number of esters is 1. The van der Waals surface area contributed by atoms with Gasteiger partial charge in [0.05, 0.1) is 0 Å². The largest absolute Gasteiger partial charge is 0.459 e. The third kappa shape index (κ3) is 11.7. The monoisotopic (exact) mass is 357 g/mol. The first-order chi connectivity index (χ1) is 7.39. The van der Waals surface area contributed by atoms with Gasteiger partial charge in [-0.1, -0.05) is 6.92 Å². The van der Waals surface area contributed by atoms with Crippen molar-refractivity contribution >= 4 is 35.9 Å². The van der Waals surface area contributed by atoms with Gasteiger partial charge in [-0.2, -0.15) is 0 Å². The van der Waals surface area contributed by atoms with Crippen molar-refractivity contribution in [2.24, 2.45) is 4.99 Å². The maximum absolute atomic E-state index is 11.4. The van der Waals surface area contributed by atoms with E-state index in [0.29, 0.717) is 5.96 Å². The van der Waals surface area contributed by atoms with Crippen LogP contribution in [0.15, 0.2) is 4.99 Å². The molecule has 0 saturated heterocycles. The molecular formula is C11H24IN3O2. The topological polar surface area (TPSA) is 62.7 Å². The van der Waals surface area contributed by atoms with Gasteiger partial charge in [0.1, 0.15) is 12.1 Å². The molecule has 0 fully saturated rings. The summed E-state index contributed by atoms with van der Waals surface area (Å²) in [5.74, 6) is 0.333. The Balaban J connectivity index is 0. The Morgan fingerprint density at radius 1 is 1.29 bits per heavy atom. The summed E-state index contributed by atoms with van der Waals surface area (Å²) in [7, 11) is 1.67. The van der Waals surface area contributed by atoms with Crippen LogP contribution in [0.5, 0.6) is 0 Å². The van der Waals surface area contributed by atoms with Gasteiger partial charge in [0.15, 0.2) is 5.96 Å². The van der Waals surface area contributed by atoms with Gasteiger partial charge in [-0.05, 0) is 27.2 Å². The molecule has 6 heteroatoms. The van der Waals surface area contributed by atoms with Crippen LogP contribution in [0.25, 0.3) is 0 Å². The molecule has 0 radical (unpaired) electrons. The Labute approximate surface area is 121 Å². The maximum Gasteiger partial charge on any atom is 0.325 e. The second kappa shape index (κ2) is 9.49. The zero-order valence-corrected chi connectivity index (χ0v) is 13.6. The van der Waals surface area contributed by atoms with Crippen molar-refractivity contribution in [1.82, 2.24) is 10.6 Å². The molecule has 0 heterocycles.